The molecule has 0 spiro atoms. The van der Waals surface area contributed by atoms with Gasteiger partial charge in [-0.2, -0.15) is 0 Å². The Morgan fingerprint density at radius 1 is 1.33 bits per heavy atom. The Balaban J connectivity index is 1.77. The molecule has 116 valence electrons. The van der Waals surface area contributed by atoms with Crippen molar-refractivity contribution in [2.24, 2.45) is 0 Å². The SMILES string of the molecule is CC(=O)NCCNCCc1ccc2c(c1)NCC(C)(C)O2. The maximum atomic E-state index is 10.7. The smallest absolute Gasteiger partial charge is 0.216 e. The van der Waals surface area contributed by atoms with E-state index in [0.29, 0.717) is 6.54 Å². The van der Waals surface area contributed by atoms with E-state index in [1.54, 1.807) is 0 Å². The number of amides is 1. The van der Waals surface area contributed by atoms with Crippen molar-refractivity contribution in [1.29, 1.82) is 0 Å². The Hall–Kier alpha value is -1.75. The first-order valence-electron chi connectivity index (χ1n) is 7.47. The van der Waals surface area contributed by atoms with Crippen LogP contribution in [0.15, 0.2) is 18.2 Å². The third-order valence-electron chi connectivity index (χ3n) is 3.40. The molecule has 5 heteroatoms. The molecule has 0 aliphatic carbocycles. The molecule has 0 atom stereocenters. The molecular formula is C16H25N3O2. The van der Waals surface area contributed by atoms with E-state index in [9.17, 15) is 4.79 Å². The van der Waals surface area contributed by atoms with Crippen LogP contribution in [0, 0.1) is 0 Å². The highest BCUT2D eigenvalue weighted by Gasteiger charge is 2.25. The van der Waals surface area contributed by atoms with Crippen LogP contribution in [0.25, 0.3) is 0 Å². The molecule has 0 bridgehead atoms. The molecule has 0 aromatic heterocycles. The lowest BCUT2D eigenvalue weighted by Crippen LogP contribution is -2.40. The van der Waals surface area contributed by atoms with Crippen LogP contribution < -0.4 is 20.7 Å². The minimum absolute atomic E-state index is 0.0143. The predicted molar refractivity (Wildman–Crippen MR) is 84.9 cm³/mol. The summed E-state index contributed by atoms with van der Waals surface area (Å²) in [5.41, 5.74) is 2.20. The Bertz CT molecular complexity index is 500. The van der Waals surface area contributed by atoms with E-state index >= 15 is 0 Å². The van der Waals surface area contributed by atoms with Crippen LogP contribution in [0.3, 0.4) is 0 Å². The number of nitrogens with one attached hydrogen (secondary N) is 3. The summed E-state index contributed by atoms with van der Waals surface area (Å²) in [4.78, 5) is 10.7. The van der Waals surface area contributed by atoms with Gasteiger partial charge in [-0.15, -0.1) is 0 Å². The number of benzene rings is 1. The molecule has 1 heterocycles. The predicted octanol–water partition coefficient (Wildman–Crippen LogP) is 1.54. The lowest BCUT2D eigenvalue weighted by Gasteiger charge is -2.33. The molecule has 3 N–H and O–H groups in total. The largest absolute Gasteiger partial charge is 0.484 e. The fraction of sp³-hybridized carbons (Fsp3) is 0.562. The highest BCUT2D eigenvalue weighted by Crippen LogP contribution is 2.33. The number of fused-ring (bicyclic) bond motifs is 1. The Kier molecular flexibility index (Phi) is 5.07. The van der Waals surface area contributed by atoms with Crippen molar-refractivity contribution < 1.29 is 9.53 Å². The normalized spacial score (nSPS) is 15.6. The quantitative estimate of drug-likeness (QED) is 0.696. The van der Waals surface area contributed by atoms with Gasteiger partial charge in [0.2, 0.25) is 5.91 Å². The van der Waals surface area contributed by atoms with Gasteiger partial charge >= 0.3 is 0 Å². The molecular weight excluding hydrogens is 266 g/mol. The highest BCUT2D eigenvalue weighted by molar-refractivity contribution is 5.72. The van der Waals surface area contributed by atoms with E-state index in [-0.39, 0.29) is 11.5 Å². The second-order valence-electron chi connectivity index (χ2n) is 6.03. The van der Waals surface area contributed by atoms with Gasteiger partial charge in [0.05, 0.1) is 12.2 Å². The first-order chi connectivity index (χ1) is 9.96. The van der Waals surface area contributed by atoms with Crippen molar-refractivity contribution in [3.8, 4) is 5.75 Å². The van der Waals surface area contributed by atoms with Gasteiger partial charge < -0.3 is 20.7 Å². The summed E-state index contributed by atoms with van der Waals surface area (Å²) in [6.45, 7) is 8.86. The molecule has 1 aliphatic heterocycles. The van der Waals surface area contributed by atoms with Gasteiger partial charge in [-0.05, 0) is 44.5 Å². The standard InChI is InChI=1S/C16H25N3O2/c1-12(20)18-9-8-17-7-6-13-4-5-15-14(10-13)19-11-16(2,3)21-15/h4-5,10,17,19H,6-9,11H2,1-3H3,(H,18,20). The number of anilines is 1. The second-order valence-corrected chi connectivity index (χ2v) is 6.03. The first-order valence-corrected chi connectivity index (χ1v) is 7.47. The summed E-state index contributed by atoms with van der Waals surface area (Å²) >= 11 is 0. The molecule has 0 unspecified atom stereocenters. The molecule has 0 saturated carbocycles. The fourth-order valence-electron chi connectivity index (χ4n) is 2.29. The fourth-order valence-corrected chi connectivity index (χ4v) is 2.29. The number of ether oxygens (including phenoxy) is 1. The van der Waals surface area contributed by atoms with Crippen LogP contribution in [0.1, 0.15) is 26.3 Å². The molecule has 1 aromatic carbocycles. The molecule has 21 heavy (non-hydrogen) atoms. The van der Waals surface area contributed by atoms with E-state index in [1.807, 2.05) is 6.07 Å². The average molecular weight is 291 g/mol. The van der Waals surface area contributed by atoms with Crippen LogP contribution in [-0.2, 0) is 11.2 Å². The summed E-state index contributed by atoms with van der Waals surface area (Å²) < 4.78 is 5.94. The molecule has 1 aliphatic rings. The Labute approximate surface area is 126 Å². The van der Waals surface area contributed by atoms with E-state index in [1.165, 1.54) is 12.5 Å². The van der Waals surface area contributed by atoms with Crippen molar-refractivity contribution in [1.82, 2.24) is 10.6 Å². The summed E-state index contributed by atoms with van der Waals surface area (Å²) in [5.74, 6) is 0.939. The maximum Gasteiger partial charge on any atom is 0.216 e. The van der Waals surface area contributed by atoms with Gasteiger partial charge in [0.15, 0.2) is 0 Å². The van der Waals surface area contributed by atoms with Crippen molar-refractivity contribution >= 4 is 11.6 Å². The van der Waals surface area contributed by atoms with Gasteiger partial charge in [-0.25, -0.2) is 0 Å². The molecule has 2 rings (SSSR count). The summed E-state index contributed by atoms with van der Waals surface area (Å²) in [5, 5.41) is 9.50. The minimum atomic E-state index is -0.153. The second kappa shape index (κ2) is 6.80. The van der Waals surface area contributed by atoms with Crippen LogP contribution in [0.4, 0.5) is 5.69 Å². The molecule has 0 fully saturated rings. The van der Waals surface area contributed by atoms with Crippen LogP contribution in [0.2, 0.25) is 0 Å². The van der Waals surface area contributed by atoms with E-state index < -0.39 is 0 Å². The number of rotatable bonds is 6. The molecule has 1 amide bonds. The lowest BCUT2D eigenvalue weighted by molar-refractivity contribution is -0.118. The van der Waals surface area contributed by atoms with E-state index in [2.05, 4.69) is 41.9 Å². The van der Waals surface area contributed by atoms with E-state index in [0.717, 1.165) is 37.5 Å². The zero-order valence-electron chi connectivity index (χ0n) is 13.1. The van der Waals surface area contributed by atoms with Crippen molar-refractivity contribution in [3.63, 3.8) is 0 Å². The van der Waals surface area contributed by atoms with Gasteiger partial charge in [-0.1, -0.05) is 6.07 Å². The first kappa shape index (κ1) is 15.6. The minimum Gasteiger partial charge on any atom is -0.484 e. The van der Waals surface area contributed by atoms with Gasteiger partial charge in [0.25, 0.3) is 0 Å². The van der Waals surface area contributed by atoms with Crippen LogP contribution in [-0.4, -0.2) is 37.7 Å². The maximum absolute atomic E-state index is 10.7. The molecule has 1 aromatic rings. The summed E-state index contributed by atoms with van der Waals surface area (Å²) in [6, 6.07) is 6.30. The number of hydrogen-bond acceptors (Lipinski definition) is 4. The third-order valence-corrected chi connectivity index (χ3v) is 3.40. The number of carbonyl (C=O) groups is 1. The number of carbonyl (C=O) groups excluding carboxylic acids is 1. The third kappa shape index (κ3) is 4.93. The lowest BCUT2D eigenvalue weighted by atomic mass is 10.0. The molecule has 5 nitrogen and oxygen atoms in total. The molecule has 0 saturated heterocycles. The monoisotopic (exact) mass is 291 g/mol. The summed E-state index contributed by atoms with van der Waals surface area (Å²) in [7, 11) is 0. The molecule has 0 radical (unpaired) electrons. The zero-order valence-corrected chi connectivity index (χ0v) is 13.1. The zero-order chi connectivity index (χ0) is 15.3. The van der Waals surface area contributed by atoms with Crippen molar-refractivity contribution in [3.05, 3.63) is 23.8 Å². The van der Waals surface area contributed by atoms with Crippen molar-refractivity contribution in [2.75, 3.05) is 31.5 Å². The summed E-state index contributed by atoms with van der Waals surface area (Å²) in [6.07, 6.45) is 0.957. The Morgan fingerprint density at radius 3 is 2.90 bits per heavy atom. The van der Waals surface area contributed by atoms with E-state index in [4.69, 9.17) is 4.74 Å². The van der Waals surface area contributed by atoms with Gasteiger partial charge in [0.1, 0.15) is 11.4 Å². The van der Waals surface area contributed by atoms with Crippen LogP contribution in [0.5, 0.6) is 5.75 Å². The average Bonchev–Trinajstić information content (AvgIpc) is 2.41. The van der Waals surface area contributed by atoms with Crippen LogP contribution >= 0.6 is 0 Å². The van der Waals surface area contributed by atoms with Crippen molar-refractivity contribution in [2.45, 2.75) is 32.8 Å². The van der Waals surface area contributed by atoms with Gasteiger partial charge in [-0.3, -0.25) is 4.79 Å². The van der Waals surface area contributed by atoms with Gasteiger partial charge in [0, 0.05) is 20.0 Å². The number of hydrogen-bond donors (Lipinski definition) is 3. The topological polar surface area (TPSA) is 62.4 Å². The highest BCUT2D eigenvalue weighted by atomic mass is 16.5. The Morgan fingerprint density at radius 2 is 2.14 bits per heavy atom.